The topological polar surface area (TPSA) is 71.7 Å². The maximum absolute atomic E-state index is 5.63. The van der Waals surface area contributed by atoms with Crippen molar-refractivity contribution in [1.29, 1.82) is 0 Å². The van der Waals surface area contributed by atoms with Gasteiger partial charge < -0.3 is 19.8 Å². The zero-order valence-electron chi connectivity index (χ0n) is 14.3. The van der Waals surface area contributed by atoms with Gasteiger partial charge in [0.25, 0.3) is 0 Å². The molecule has 0 aliphatic carbocycles. The summed E-state index contributed by atoms with van der Waals surface area (Å²) >= 11 is 0. The number of aryl methyl sites for hydroxylation is 1. The number of aromatic nitrogens is 1. The van der Waals surface area contributed by atoms with Crippen LogP contribution < -0.4 is 15.4 Å². The van der Waals surface area contributed by atoms with E-state index in [9.17, 15) is 0 Å². The van der Waals surface area contributed by atoms with Gasteiger partial charge in [-0.15, -0.1) is 24.0 Å². The largest absolute Gasteiger partial charge is 0.490 e. The van der Waals surface area contributed by atoms with Crippen molar-refractivity contribution in [1.82, 2.24) is 15.6 Å². The summed E-state index contributed by atoms with van der Waals surface area (Å²) in [5.74, 6) is 3.28. The van der Waals surface area contributed by atoms with Crippen LogP contribution in [-0.2, 0) is 0 Å². The fraction of sp³-hybridized carbons (Fsp3) is 0.412. The van der Waals surface area contributed by atoms with Crippen molar-refractivity contribution >= 4 is 29.9 Å². The number of pyridine rings is 1. The molecule has 2 N–H and O–H groups in total. The molecule has 0 bridgehead atoms. The van der Waals surface area contributed by atoms with Gasteiger partial charge in [-0.3, -0.25) is 4.98 Å². The molecule has 2 heterocycles. The maximum Gasteiger partial charge on any atom is 0.191 e. The predicted molar refractivity (Wildman–Crippen MR) is 106 cm³/mol. The third kappa shape index (κ3) is 6.77. The fourth-order valence-electron chi connectivity index (χ4n) is 2.04. The molecule has 0 radical (unpaired) electrons. The standard InChI is InChI=1S/C17H24N4O2.HI/c1-4-19-17(21-14(3)16-8-7-13(2)23-16)20-10-11-22-15-6-5-9-18-12-15;/h5-9,12,14H,4,10-11H2,1-3H3,(H2,19,20,21);1H. The highest BCUT2D eigenvalue weighted by atomic mass is 127. The number of furan rings is 1. The van der Waals surface area contributed by atoms with Crippen molar-refractivity contribution in [2.75, 3.05) is 19.7 Å². The van der Waals surface area contributed by atoms with Crippen LogP contribution in [0.1, 0.15) is 31.4 Å². The van der Waals surface area contributed by atoms with Crippen LogP contribution in [0.15, 0.2) is 46.1 Å². The second kappa shape index (κ2) is 10.9. The highest BCUT2D eigenvalue weighted by molar-refractivity contribution is 14.0. The summed E-state index contributed by atoms with van der Waals surface area (Å²) in [7, 11) is 0. The summed E-state index contributed by atoms with van der Waals surface area (Å²) in [5.41, 5.74) is 0. The van der Waals surface area contributed by atoms with E-state index in [0.29, 0.717) is 13.2 Å². The molecular formula is C17H25IN4O2. The molecule has 132 valence electrons. The quantitative estimate of drug-likeness (QED) is 0.297. The number of hydrogen-bond donors (Lipinski definition) is 2. The lowest BCUT2D eigenvalue weighted by molar-refractivity contribution is 0.327. The number of nitrogens with one attached hydrogen (secondary N) is 2. The minimum atomic E-state index is 0. The summed E-state index contributed by atoms with van der Waals surface area (Å²) in [5, 5.41) is 6.54. The van der Waals surface area contributed by atoms with Crippen LogP contribution in [-0.4, -0.2) is 30.6 Å². The molecule has 0 spiro atoms. The van der Waals surface area contributed by atoms with Crippen LogP contribution in [0.5, 0.6) is 5.75 Å². The zero-order valence-corrected chi connectivity index (χ0v) is 16.6. The molecule has 6 nitrogen and oxygen atoms in total. The van der Waals surface area contributed by atoms with Gasteiger partial charge in [0.1, 0.15) is 23.9 Å². The number of halogens is 1. The van der Waals surface area contributed by atoms with E-state index < -0.39 is 0 Å². The molecule has 0 amide bonds. The third-order valence-electron chi connectivity index (χ3n) is 3.15. The van der Waals surface area contributed by atoms with Crippen molar-refractivity contribution in [2.45, 2.75) is 26.8 Å². The number of guanidine groups is 1. The van der Waals surface area contributed by atoms with Gasteiger partial charge in [-0.05, 0) is 45.0 Å². The van der Waals surface area contributed by atoms with Gasteiger partial charge >= 0.3 is 0 Å². The molecule has 0 aliphatic heterocycles. The molecule has 0 aromatic carbocycles. The van der Waals surface area contributed by atoms with Crippen LogP contribution in [0.2, 0.25) is 0 Å². The van der Waals surface area contributed by atoms with Crippen molar-refractivity contribution in [3.05, 3.63) is 48.2 Å². The van der Waals surface area contributed by atoms with Crippen LogP contribution >= 0.6 is 24.0 Å². The van der Waals surface area contributed by atoms with E-state index >= 15 is 0 Å². The average Bonchev–Trinajstić information content (AvgIpc) is 2.99. The molecule has 2 aromatic rings. The summed E-state index contributed by atoms with van der Waals surface area (Å²) in [6.45, 7) is 7.84. The lowest BCUT2D eigenvalue weighted by Crippen LogP contribution is -2.39. The molecule has 0 saturated heterocycles. The Labute approximate surface area is 160 Å². The number of nitrogens with zero attached hydrogens (tertiary/aromatic N) is 2. The minimum absolute atomic E-state index is 0. The molecule has 1 unspecified atom stereocenters. The monoisotopic (exact) mass is 444 g/mol. The van der Waals surface area contributed by atoms with Crippen molar-refractivity contribution in [2.24, 2.45) is 4.99 Å². The number of rotatable bonds is 7. The predicted octanol–water partition coefficient (Wildman–Crippen LogP) is 3.30. The Hall–Kier alpha value is -1.77. The van der Waals surface area contributed by atoms with E-state index in [2.05, 4.69) is 20.6 Å². The summed E-state index contributed by atoms with van der Waals surface area (Å²) in [6.07, 6.45) is 3.41. The lowest BCUT2D eigenvalue weighted by atomic mass is 10.2. The third-order valence-corrected chi connectivity index (χ3v) is 3.15. The first-order valence-corrected chi connectivity index (χ1v) is 7.83. The second-order valence-corrected chi connectivity index (χ2v) is 5.11. The van der Waals surface area contributed by atoms with E-state index in [-0.39, 0.29) is 30.0 Å². The number of aliphatic imine (C=N–C) groups is 1. The molecule has 0 saturated carbocycles. The average molecular weight is 444 g/mol. The van der Waals surface area contributed by atoms with Crippen LogP contribution in [0, 0.1) is 6.92 Å². The highest BCUT2D eigenvalue weighted by Gasteiger charge is 2.11. The zero-order chi connectivity index (χ0) is 16.5. The van der Waals surface area contributed by atoms with Crippen molar-refractivity contribution in [3.8, 4) is 5.75 Å². The number of hydrogen-bond acceptors (Lipinski definition) is 4. The van der Waals surface area contributed by atoms with E-state index in [4.69, 9.17) is 9.15 Å². The van der Waals surface area contributed by atoms with Gasteiger partial charge in [-0.1, -0.05) is 0 Å². The van der Waals surface area contributed by atoms with Gasteiger partial charge in [-0.25, -0.2) is 4.99 Å². The molecule has 0 aliphatic rings. The second-order valence-electron chi connectivity index (χ2n) is 5.11. The normalized spacial score (nSPS) is 12.2. The maximum atomic E-state index is 5.63. The molecular weight excluding hydrogens is 419 g/mol. The Morgan fingerprint density at radius 2 is 2.21 bits per heavy atom. The van der Waals surface area contributed by atoms with Crippen LogP contribution in [0.25, 0.3) is 0 Å². The molecule has 0 fully saturated rings. The first kappa shape index (κ1) is 20.3. The van der Waals surface area contributed by atoms with Gasteiger partial charge in [0.05, 0.1) is 18.8 Å². The summed E-state index contributed by atoms with van der Waals surface area (Å²) in [6, 6.07) is 7.70. The van der Waals surface area contributed by atoms with Crippen molar-refractivity contribution in [3.63, 3.8) is 0 Å². The first-order valence-electron chi connectivity index (χ1n) is 7.83. The SMILES string of the molecule is CCNC(=NCCOc1cccnc1)NC(C)c1ccc(C)o1.I. The fourth-order valence-corrected chi connectivity index (χ4v) is 2.04. The smallest absolute Gasteiger partial charge is 0.191 e. The van der Waals surface area contributed by atoms with Crippen LogP contribution in [0.4, 0.5) is 0 Å². The summed E-state index contributed by atoms with van der Waals surface area (Å²) < 4.78 is 11.2. The Kier molecular flexibility index (Phi) is 9.21. The van der Waals surface area contributed by atoms with Gasteiger partial charge in [0, 0.05) is 12.7 Å². The van der Waals surface area contributed by atoms with Gasteiger partial charge in [0.2, 0.25) is 0 Å². The number of ether oxygens (including phenoxy) is 1. The molecule has 24 heavy (non-hydrogen) atoms. The molecule has 2 rings (SSSR count). The molecule has 2 aromatic heterocycles. The van der Waals surface area contributed by atoms with Crippen LogP contribution in [0.3, 0.4) is 0 Å². The van der Waals surface area contributed by atoms with E-state index in [0.717, 1.165) is 29.8 Å². The Morgan fingerprint density at radius 3 is 2.83 bits per heavy atom. The minimum Gasteiger partial charge on any atom is -0.490 e. The van der Waals surface area contributed by atoms with E-state index in [1.807, 2.05) is 45.0 Å². The van der Waals surface area contributed by atoms with E-state index in [1.54, 1.807) is 12.4 Å². The Bertz CT molecular complexity index is 616. The summed E-state index contributed by atoms with van der Waals surface area (Å²) in [4.78, 5) is 8.52. The lowest BCUT2D eigenvalue weighted by Gasteiger charge is -2.16. The van der Waals surface area contributed by atoms with Crippen molar-refractivity contribution < 1.29 is 9.15 Å². The van der Waals surface area contributed by atoms with Gasteiger partial charge in [-0.2, -0.15) is 0 Å². The highest BCUT2D eigenvalue weighted by Crippen LogP contribution is 2.15. The Balaban J connectivity index is 0.00000288. The van der Waals surface area contributed by atoms with Gasteiger partial charge in [0.15, 0.2) is 5.96 Å². The molecule has 7 heteroatoms. The van der Waals surface area contributed by atoms with E-state index in [1.165, 1.54) is 0 Å². The first-order chi connectivity index (χ1) is 11.2. The Morgan fingerprint density at radius 1 is 1.38 bits per heavy atom. The molecule has 1 atom stereocenters.